The number of aromatic hydroxyl groups is 1. The van der Waals surface area contributed by atoms with Crippen molar-refractivity contribution in [2.75, 3.05) is 12.5 Å². The highest BCUT2D eigenvalue weighted by molar-refractivity contribution is 8.15. The fraction of sp³-hybridized carbons (Fsp3) is 0.150. The minimum absolute atomic E-state index is 0.0135. The second kappa shape index (κ2) is 9.24. The van der Waals surface area contributed by atoms with Gasteiger partial charge in [0.2, 0.25) is 11.0 Å². The van der Waals surface area contributed by atoms with Crippen LogP contribution in [0.4, 0.5) is 10.8 Å². The molecule has 0 radical (unpaired) electrons. The average molecular weight is 472 g/mol. The maximum absolute atomic E-state index is 12.3. The number of carbonyl (C=O) groups excluding carboxylic acids is 1. The number of thioether (sulfide) groups is 1. The van der Waals surface area contributed by atoms with Gasteiger partial charge in [0, 0.05) is 23.1 Å². The molecular weight excluding hydrogens is 454 g/mol. The molecule has 0 aliphatic carbocycles. The van der Waals surface area contributed by atoms with Crippen LogP contribution in [0.3, 0.4) is 0 Å². The Morgan fingerprint density at radius 3 is 2.81 bits per heavy atom. The first-order valence-electron chi connectivity index (χ1n) is 9.31. The van der Waals surface area contributed by atoms with Crippen LogP contribution in [0, 0.1) is 10.1 Å². The van der Waals surface area contributed by atoms with Gasteiger partial charge >= 0.3 is 0 Å². The number of hydrogen-bond donors (Lipinski definition) is 3. The number of nitro groups is 1. The van der Waals surface area contributed by atoms with Gasteiger partial charge < -0.3 is 15.2 Å². The third-order valence-electron chi connectivity index (χ3n) is 4.62. The van der Waals surface area contributed by atoms with E-state index in [4.69, 9.17) is 4.74 Å². The molecule has 1 amide bonds. The molecule has 1 unspecified atom stereocenters. The number of phenols is 1. The highest BCUT2D eigenvalue weighted by Crippen LogP contribution is 2.33. The Hall–Kier alpha value is -3.64. The molecule has 0 spiro atoms. The molecule has 4 rings (SSSR count). The second-order valence-electron chi connectivity index (χ2n) is 6.64. The number of methoxy groups -OCH3 is 1. The molecular formula is C20H17N5O5S2. The van der Waals surface area contributed by atoms with Gasteiger partial charge in [0.15, 0.2) is 16.7 Å². The SMILES string of the molecule is COc1cccc(CC2S/C(=N\Nc3nc(-c4ccc([N+](=O)[O-])cc4)cs3)NC2=O)c1O. The highest BCUT2D eigenvalue weighted by Gasteiger charge is 2.31. The largest absolute Gasteiger partial charge is 0.504 e. The standard InChI is InChI=1S/C20H17N5O5S2/c1-30-15-4-2-3-12(17(15)26)9-16-18(27)22-20(32-16)24-23-19-21-14(10-31-19)11-5-7-13(8-6-11)25(28)29/h2-8,10,16,26H,9H2,1H3,(H,21,23)(H,22,24,27). The van der Waals surface area contributed by atoms with E-state index in [1.165, 1.54) is 42.3 Å². The van der Waals surface area contributed by atoms with Crippen molar-refractivity contribution in [3.05, 3.63) is 63.5 Å². The molecule has 2 heterocycles. The number of rotatable bonds is 7. The summed E-state index contributed by atoms with van der Waals surface area (Å²) < 4.78 is 5.11. The summed E-state index contributed by atoms with van der Waals surface area (Å²) >= 11 is 2.57. The summed E-state index contributed by atoms with van der Waals surface area (Å²) in [5.74, 6) is 0.172. The molecule has 2 aromatic carbocycles. The third-order valence-corrected chi connectivity index (χ3v) is 6.44. The van der Waals surface area contributed by atoms with E-state index in [1.54, 1.807) is 35.7 Å². The van der Waals surface area contributed by atoms with Crippen molar-refractivity contribution in [3.63, 3.8) is 0 Å². The van der Waals surface area contributed by atoms with Gasteiger partial charge in [-0.25, -0.2) is 4.98 Å². The molecule has 32 heavy (non-hydrogen) atoms. The Bertz CT molecular complexity index is 1200. The number of nitrogens with zero attached hydrogens (tertiary/aromatic N) is 3. The van der Waals surface area contributed by atoms with Crippen LogP contribution in [0.2, 0.25) is 0 Å². The molecule has 12 heteroatoms. The summed E-state index contributed by atoms with van der Waals surface area (Å²) in [4.78, 5) is 27.1. The fourth-order valence-electron chi connectivity index (χ4n) is 3.00. The van der Waals surface area contributed by atoms with E-state index in [2.05, 4.69) is 20.8 Å². The predicted molar refractivity (Wildman–Crippen MR) is 123 cm³/mol. The lowest BCUT2D eigenvalue weighted by molar-refractivity contribution is -0.384. The van der Waals surface area contributed by atoms with Gasteiger partial charge in [0.25, 0.3) is 5.69 Å². The summed E-state index contributed by atoms with van der Waals surface area (Å²) in [6.45, 7) is 0. The van der Waals surface area contributed by atoms with Crippen molar-refractivity contribution in [2.24, 2.45) is 5.10 Å². The smallest absolute Gasteiger partial charge is 0.269 e. The Balaban J connectivity index is 1.39. The molecule has 1 fully saturated rings. The first kappa shape index (κ1) is 21.6. The van der Waals surface area contributed by atoms with Crippen LogP contribution in [0.25, 0.3) is 11.3 Å². The average Bonchev–Trinajstić information content (AvgIpc) is 3.40. The van der Waals surface area contributed by atoms with Crippen molar-refractivity contribution in [1.82, 2.24) is 10.3 Å². The van der Waals surface area contributed by atoms with Crippen LogP contribution < -0.4 is 15.5 Å². The third kappa shape index (κ3) is 4.65. The van der Waals surface area contributed by atoms with Crippen molar-refractivity contribution in [3.8, 4) is 22.8 Å². The number of phenolic OH excluding ortho intramolecular Hbond substituents is 1. The van der Waals surface area contributed by atoms with Crippen molar-refractivity contribution in [1.29, 1.82) is 0 Å². The number of non-ortho nitro benzene ring substituents is 1. The van der Waals surface area contributed by atoms with Crippen LogP contribution in [-0.2, 0) is 11.2 Å². The highest BCUT2D eigenvalue weighted by atomic mass is 32.2. The van der Waals surface area contributed by atoms with Crippen LogP contribution in [0.1, 0.15) is 5.56 Å². The Kier molecular flexibility index (Phi) is 6.23. The lowest BCUT2D eigenvalue weighted by Crippen LogP contribution is -2.26. The van der Waals surface area contributed by atoms with E-state index in [1.807, 2.05) is 0 Å². The maximum Gasteiger partial charge on any atom is 0.269 e. The first-order valence-corrected chi connectivity index (χ1v) is 11.1. The number of nitro benzene ring substituents is 1. The summed E-state index contributed by atoms with van der Waals surface area (Å²) in [7, 11) is 1.47. The van der Waals surface area contributed by atoms with Crippen LogP contribution >= 0.6 is 23.1 Å². The first-order chi connectivity index (χ1) is 15.4. The van der Waals surface area contributed by atoms with Gasteiger partial charge in [0.05, 0.1) is 23.0 Å². The van der Waals surface area contributed by atoms with Gasteiger partial charge in [-0.2, -0.15) is 0 Å². The minimum Gasteiger partial charge on any atom is -0.504 e. The molecule has 0 saturated carbocycles. The Morgan fingerprint density at radius 2 is 2.09 bits per heavy atom. The van der Waals surface area contributed by atoms with E-state index in [0.717, 1.165) is 5.56 Å². The normalized spacial score (nSPS) is 16.7. The number of anilines is 1. The summed E-state index contributed by atoms with van der Waals surface area (Å²) in [5.41, 5.74) is 4.85. The molecule has 3 aromatic rings. The number of benzene rings is 2. The minimum atomic E-state index is -0.454. The fourth-order valence-corrected chi connectivity index (χ4v) is 4.62. The number of amidine groups is 1. The Labute approximate surface area is 190 Å². The van der Waals surface area contributed by atoms with Crippen LogP contribution in [0.15, 0.2) is 52.9 Å². The number of amides is 1. The van der Waals surface area contributed by atoms with E-state index in [-0.39, 0.29) is 17.3 Å². The number of hydrogen-bond acceptors (Lipinski definition) is 10. The lowest BCUT2D eigenvalue weighted by atomic mass is 10.1. The number of ether oxygens (including phenoxy) is 1. The van der Waals surface area contributed by atoms with Gasteiger partial charge in [-0.3, -0.25) is 20.3 Å². The predicted octanol–water partition coefficient (Wildman–Crippen LogP) is 3.59. The van der Waals surface area contributed by atoms with E-state index < -0.39 is 10.2 Å². The second-order valence-corrected chi connectivity index (χ2v) is 8.69. The summed E-state index contributed by atoms with van der Waals surface area (Å²) in [6.07, 6.45) is 0.320. The van der Waals surface area contributed by atoms with Gasteiger partial charge in [-0.1, -0.05) is 23.9 Å². The van der Waals surface area contributed by atoms with Gasteiger partial charge in [-0.05, 0) is 30.2 Å². The molecule has 1 aromatic heterocycles. The molecule has 1 atom stereocenters. The lowest BCUT2D eigenvalue weighted by Gasteiger charge is -2.10. The zero-order valence-electron chi connectivity index (χ0n) is 16.6. The van der Waals surface area contributed by atoms with Crippen molar-refractivity contribution in [2.45, 2.75) is 11.7 Å². The van der Waals surface area contributed by atoms with Crippen molar-refractivity contribution < 1.29 is 19.6 Å². The zero-order chi connectivity index (χ0) is 22.7. The van der Waals surface area contributed by atoms with Crippen LogP contribution in [0.5, 0.6) is 11.5 Å². The number of nitrogens with one attached hydrogen (secondary N) is 2. The maximum atomic E-state index is 12.3. The van der Waals surface area contributed by atoms with E-state index in [9.17, 15) is 20.0 Å². The number of carbonyl (C=O) groups is 1. The van der Waals surface area contributed by atoms with E-state index in [0.29, 0.717) is 33.7 Å². The monoisotopic (exact) mass is 471 g/mol. The molecule has 10 nitrogen and oxygen atoms in total. The zero-order valence-corrected chi connectivity index (χ0v) is 18.3. The molecule has 3 N–H and O–H groups in total. The molecule has 1 aliphatic heterocycles. The number of aromatic nitrogens is 1. The van der Waals surface area contributed by atoms with E-state index >= 15 is 0 Å². The Morgan fingerprint density at radius 1 is 1.31 bits per heavy atom. The molecule has 1 saturated heterocycles. The quantitative estimate of drug-likeness (QED) is 0.351. The van der Waals surface area contributed by atoms with Crippen LogP contribution in [-0.4, -0.2) is 38.4 Å². The summed E-state index contributed by atoms with van der Waals surface area (Å²) in [6, 6.07) is 11.3. The number of hydrazone groups is 1. The molecule has 164 valence electrons. The number of para-hydroxylation sites is 1. The van der Waals surface area contributed by atoms with Gasteiger partial charge in [-0.15, -0.1) is 16.4 Å². The number of thiazole rings is 1. The topological polar surface area (TPSA) is 139 Å². The van der Waals surface area contributed by atoms with Crippen molar-refractivity contribution >= 4 is 45.0 Å². The summed E-state index contributed by atoms with van der Waals surface area (Å²) in [5, 5.41) is 30.2. The van der Waals surface area contributed by atoms with Gasteiger partial charge in [0.1, 0.15) is 0 Å². The molecule has 1 aliphatic rings. The molecule has 0 bridgehead atoms.